The number of methoxy groups -OCH3 is 1. The highest BCUT2D eigenvalue weighted by atomic mass is 35.5. The Morgan fingerprint density at radius 1 is 1.25 bits per heavy atom. The van der Waals surface area contributed by atoms with Gasteiger partial charge < -0.3 is 10.5 Å². The molecule has 0 saturated carbocycles. The van der Waals surface area contributed by atoms with E-state index < -0.39 is 0 Å². The number of nitrogens with two attached hydrogens (primary N) is 1. The molecule has 0 unspecified atom stereocenters. The van der Waals surface area contributed by atoms with Crippen molar-refractivity contribution in [2.24, 2.45) is 0 Å². The Hall–Kier alpha value is -1.74. The summed E-state index contributed by atoms with van der Waals surface area (Å²) in [7, 11) is 1.56. The Labute approximate surface area is 98.8 Å². The SMILES string of the molecule is COc1cc(N)cc(-c2cccc(Cl)c2)n1. The van der Waals surface area contributed by atoms with Crippen molar-refractivity contribution >= 4 is 17.3 Å². The Bertz CT molecular complexity index is 514. The second-order valence-electron chi connectivity index (χ2n) is 3.34. The van der Waals surface area contributed by atoms with Gasteiger partial charge >= 0.3 is 0 Å². The second-order valence-corrected chi connectivity index (χ2v) is 3.77. The van der Waals surface area contributed by atoms with Gasteiger partial charge in [0, 0.05) is 22.3 Å². The van der Waals surface area contributed by atoms with Crippen molar-refractivity contribution in [2.75, 3.05) is 12.8 Å². The molecule has 0 aliphatic rings. The minimum Gasteiger partial charge on any atom is -0.481 e. The number of aromatic nitrogens is 1. The number of pyridine rings is 1. The molecular formula is C12H11ClN2O. The van der Waals surface area contributed by atoms with Gasteiger partial charge in [0.15, 0.2) is 0 Å². The third kappa shape index (κ3) is 2.25. The van der Waals surface area contributed by atoms with Crippen molar-refractivity contribution < 1.29 is 4.74 Å². The van der Waals surface area contributed by atoms with Gasteiger partial charge in [-0.25, -0.2) is 4.98 Å². The van der Waals surface area contributed by atoms with Crippen LogP contribution in [0.1, 0.15) is 0 Å². The van der Waals surface area contributed by atoms with Crippen LogP contribution in [0.25, 0.3) is 11.3 Å². The molecule has 0 amide bonds. The number of nitrogens with zero attached hydrogens (tertiary/aromatic N) is 1. The largest absolute Gasteiger partial charge is 0.481 e. The molecule has 2 aromatic rings. The zero-order valence-corrected chi connectivity index (χ0v) is 9.53. The van der Waals surface area contributed by atoms with Gasteiger partial charge in [-0.05, 0) is 18.2 Å². The van der Waals surface area contributed by atoms with Crippen LogP contribution in [0, 0.1) is 0 Å². The van der Waals surface area contributed by atoms with E-state index in [-0.39, 0.29) is 0 Å². The Morgan fingerprint density at radius 2 is 2.06 bits per heavy atom. The highest BCUT2D eigenvalue weighted by molar-refractivity contribution is 6.30. The Kier molecular flexibility index (Phi) is 2.97. The Balaban J connectivity index is 2.51. The van der Waals surface area contributed by atoms with Crippen LogP contribution in [-0.2, 0) is 0 Å². The fourth-order valence-electron chi connectivity index (χ4n) is 1.43. The molecule has 16 heavy (non-hydrogen) atoms. The first-order valence-corrected chi connectivity index (χ1v) is 5.14. The maximum atomic E-state index is 5.92. The summed E-state index contributed by atoms with van der Waals surface area (Å²) >= 11 is 5.92. The van der Waals surface area contributed by atoms with Crippen LogP contribution in [0.4, 0.5) is 5.69 Å². The van der Waals surface area contributed by atoms with E-state index in [1.807, 2.05) is 24.3 Å². The zero-order valence-electron chi connectivity index (χ0n) is 8.77. The first-order valence-electron chi connectivity index (χ1n) is 4.76. The van der Waals surface area contributed by atoms with Crippen molar-refractivity contribution in [1.29, 1.82) is 0 Å². The molecule has 4 heteroatoms. The van der Waals surface area contributed by atoms with E-state index in [1.165, 1.54) is 0 Å². The summed E-state index contributed by atoms with van der Waals surface area (Å²) < 4.78 is 5.06. The van der Waals surface area contributed by atoms with Gasteiger partial charge in [0.05, 0.1) is 12.8 Å². The van der Waals surface area contributed by atoms with Gasteiger partial charge in [0.25, 0.3) is 0 Å². The molecule has 1 aromatic carbocycles. The van der Waals surface area contributed by atoms with E-state index >= 15 is 0 Å². The van der Waals surface area contributed by atoms with Gasteiger partial charge in [-0.2, -0.15) is 0 Å². The molecule has 2 rings (SSSR count). The smallest absolute Gasteiger partial charge is 0.215 e. The molecule has 1 aromatic heterocycles. The van der Waals surface area contributed by atoms with Crippen LogP contribution in [-0.4, -0.2) is 12.1 Å². The molecule has 0 spiro atoms. The molecule has 0 bridgehead atoms. The minimum absolute atomic E-state index is 0.495. The van der Waals surface area contributed by atoms with Crippen molar-refractivity contribution in [3.63, 3.8) is 0 Å². The molecule has 82 valence electrons. The summed E-state index contributed by atoms with van der Waals surface area (Å²) in [5, 5.41) is 0.667. The van der Waals surface area contributed by atoms with Crippen LogP contribution in [0.15, 0.2) is 36.4 Å². The topological polar surface area (TPSA) is 48.1 Å². The van der Waals surface area contributed by atoms with Crippen molar-refractivity contribution in [2.45, 2.75) is 0 Å². The summed E-state index contributed by atoms with van der Waals surface area (Å²) in [5.74, 6) is 0.495. The maximum Gasteiger partial charge on any atom is 0.215 e. The lowest BCUT2D eigenvalue weighted by atomic mass is 10.1. The molecule has 0 atom stereocenters. The summed E-state index contributed by atoms with van der Waals surface area (Å²) in [6, 6.07) is 10.9. The predicted octanol–water partition coefficient (Wildman–Crippen LogP) is 2.99. The monoisotopic (exact) mass is 234 g/mol. The van der Waals surface area contributed by atoms with Gasteiger partial charge in [-0.15, -0.1) is 0 Å². The molecule has 3 nitrogen and oxygen atoms in total. The lowest BCUT2D eigenvalue weighted by Crippen LogP contribution is -1.94. The molecule has 0 fully saturated rings. The Morgan fingerprint density at radius 3 is 2.75 bits per heavy atom. The normalized spacial score (nSPS) is 10.1. The van der Waals surface area contributed by atoms with Crippen molar-refractivity contribution in [3.8, 4) is 17.1 Å². The molecule has 0 radical (unpaired) electrons. The lowest BCUT2D eigenvalue weighted by Gasteiger charge is -2.05. The lowest BCUT2D eigenvalue weighted by molar-refractivity contribution is 0.399. The maximum absolute atomic E-state index is 5.92. The second kappa shape index (κ2) is 4.41. The van der Waals surface area contributed by atoms with Gasteiger partial charge in [-0.1, -0.05) is 23.7 Å². The number of halogens is 1. The highest BCUT2D eigenvalue weighted by Crippen LogP contribution is 2.25. The molecule has 0 saturated heterocycles. The third-order valence-corrected chi connectivity index (χ3v) is 2.39. The summed E-state index contributed by atoms with van der Waals surface area (Å²) in [5.41, 5.74) is 8.03. The van der Waals surface area contributed by atoms with E-state index in [4.69, 9.17) is 22.1 Å². The quantitative estimate of drug-likeness (QED) is 0.869. The van der Waals surface area contributed by atoms with Crippen LogP contribution >= 0.6 is 11.6 Å². The van der Waals surface area contributed by atoms with Crippen molar-refractivity contribution in [3.05, 3.63) is 41.4 Å². The highest BCUT2D eigenvalue weighted by Gasteiger charge is 2.04. The van der Waals surface area contributed by atoms with Crippen LogP contribution in [0.3, 0.4) is 0 Å². The third-order valence-electron chi connectivity index (χ3n) is 2.15. The average Bonchev–Trinajstić information content (AvgIpc) is 2.28. The minimum atomic E-state index is 0.495. The zero-order chi connectivity index (χ0) is 11.5. The summed E-state index contributed by atoms with van der Waals surface area (Å²) in [4.78, 5) is 4.30. The summed E-state index contributed by atoms with van der Waals surface area (Å²) in [6.45, 7) is 0. The van der Waals surface area contributed by atoms with E-state index in [9.17, 15) is 0 Å². The van der Waals surface area contributed by atoms with Crippen LogP contribution in [0.5, 0.6) is 5.88 Å². The number of hydrogen-bond donors (Lipinski definition) is 1. The van der Waals surface area contributed by atoms with E-state index in [0.717, 1.165) is 11.3 Å². The predicted molar refractivity (Wildman–Crippen MR) is 65.6 cm³/mol. The number of anilines is 1. The number of hydrogen-bond acceptors (Lipinski definition) is 3. The van der Waals surface area contributed by atoms with Crippen LogP contribution in [0.2, 0.25) is 5.02 Å². The standard InChI is InChI=1S/C12H11ClN2O/c1-16-12-7-10(14)6-11(15-12)8-3-2-4-9(13)5-8/h2-7H,1H3,(H2,14,15). The van der Waals surface area contributed by atoms with E-state index in [1.54, 1.807) is 19.2 Å². The number of ether oxygens (including phenoxy) is 1. The van der Waals surface area contributed by atoms with Gasteiger partial charge in [-0.3, -0.25) is 0 Å². The fourth-order valence-corrected chi connectivity index (χ4v) is 1.62. The van der Waals surface area contributed by atoms with Crippen molar-refractivity contribution in [1.82, 2.24) is 4.98 Å². The van der Waals surface area contributed by atoms with Gasteiger partial charge in [0.1, 0.15) is 0 Å². The number of rotatable bonds is 2. The van der Waals surface area contributed by atoms with Gasteiger partial charge in [0.2, 0.25) is 5.88 Å². The fraction of sp³-hybridized carbons (Fsp3) is 0.0833. The molecule has 2 N–H and O–H groups in total. The molecule has 1 heterocycles. The molecule has 0 aliphatic carbocycles. The number of benzene rings is 1. The first-order chi connectivity index (χ1) is 7.69. The molecule has 0 aliphatic heterocycles. The molecular weight excluding hydrogens is 224 g/mol. The van der Waals surface area contributed by atoms with E-state index in [2.05, 4.69) is 4.98 Å². The van der Waals surface area contributed by atoms with Crippen LogP contribution < -0.4 is 10.5 Å². The van der Waals surface area contributed by atoms with E-state index in [0.29, 0.717) is 16.6 Å². The average molecular weight is 235 g/mol. The number of nitrogen functional groups attached to an aromatic ring is 1. The first kappa shape index (κ1) is 10.8. The summed E-state index contributed by atoms with van der Waals surface area (Å²) in [6.07, 6.45) is 0.